The van der Waals surface area contributed by atoms with E-state index in [1.54, 1.807) is 0 Å². The third kappa shape index (κ3) is 7.92. The largest absolute Gasteiger partial charge is 0.356 e. The van der Waals surface area contributed by atoms with Crippen LogP contribution < -0.4 is 10.6 Å². The molecule has 5 nitrogen and oxygen atoms in total. The Morgan fingerprint density at radius 3 is 2.58 bits per heavy atom. The van der Waals surface area contributed by atoms with E-state index in [0.717, 1.165) is 37.3 Å². The smallest absolute Gasteiger partial charge is 0.190 e. The SMILES string of the molecule is CN=C(NCCCCN1CC(C)CC(C)C1)NCCc1ccc(Cl)nc1. The lowest BCUT2D eigenvalue weighted by Gasteiger charge is -2.34. The van der Waals surface area contributed by atoms with Crippen molar-refractivity contribution in [2.24, 2.45) is 16.8 Å². The number of likely N-dealkylation sites (tertiary alicyclic amines) is 1. The molecule has 0 amide bonds. The van der Waals surface area contributed by atoms with Crippen LogP contribution in [0.2, 0.25) is 5.15 Å². The summed E-state index contributed by atoms with van der Waals surface area (Å²) in [5.74, 6) is 2.55. The van der Waals surface area contributed by atoms with Crippen LogP contribution in [0.5, 0.6) is 0 Å². The van der Waals surface area contributed by atoms with Gasteiger partial charge in [0, 0.05) is 39.4 Å². The molecule has 1 aliphatic heterocycles. The highest BCUT2D eigenvalue weighted by Crippen LogP contribution is 2.20. The molecule has 0 bridgehead atoms. The number of halogens is 1. The van der Waals surface area contributed by atoms with Crippen molar-refractivity contribution >= 4 is 17.6 Å². The first-order valence-electron chi connectivity index (χ1n) is 9.84. The first-order valence-corrected chi connectivity index (χ1v) is 10.2. The molecule has 0 saturated carbocycles. The number of hydrogen-bond acceptors (Lipinski definition) is 3. The maximum Gasteiger partial charge on any atom is 0.190 e. The monoisotopic (exact) mass is 379 g/mol. The standard InChI is InChI=1S/C20H34ClN5/c1-16-12-17(2)15-26(14-16)11-5-4-9-23-20(22-3)24-10-8-18-6-7-19(21)25-13-18/h6-7,13,16-17H,4-5,8-12,14-15H2,1-3H3,(H2,22,23,24). The molecule has 1 saturated heterocycles. The number of guanidine groups is 1. The Labute approximate surface area is 163 Å². The summed E-state index contributed by atoms with van der Waals surface area (Å²) >= 11 is 5.81. The van der Waals surface area contributed by atoms with E-state index in [2.05, 4.69) is 39.4 Å². The van der Waals surface area contributed by atoms with E-state index < -0.39 is 0 Å². The van der Waals surface area contributed by atoms with Crippen LogP contribution in [0, 0.1) is 11.8 Å². The van der Waals surface area contributed by atoms with Gasteiger partial charge in [0.15, 0.2) is 5.96 Å². The molecule has 0 radical (unpaired) electrons. The van der Waals surface area contributed by atoms with Crippen molar-refractivity contribution in [3.63, 3.8) is 0 Å². The Hall–Kier alpha value is -1.33. The number of piperidine rings is 1. The van der Waals surface area contributed by atoms with Gasteiger partial charge in [0.05, 0.1) is 0 Å². The van der Waals surface area contributed by atoms with Crippen LogP contribution in [-0.2, 0) is 6.42 Å². The Bertz CT molecular complexity index is 536. The van der Waals surface area contributed by atoms with Gasteiger partial charge in [-0.2, -0.15) is 0 Å². The summed E-state index contributed by atoms with van der Waals surface area (Å²) in [6.45, 7) is 10.3. The van der Waals surface area contributed by atoms with Gasteiger partial charge in [-0.25, -0.2) is 4.98 Å². The highest BCUT2D eigenvalue weighted by molar-refractivity contribution is 6.29. The lowest BCUT2D eigenvalue weighted by atomic mass is 9.92. The summed E-state index contributed by atoms with van der Waals surface area (Å²) in [7, 11) is 1.82. The van der Waals surface area contributed by atoms with Crippen molar-refractivity contribution in [3.05, 3.63) is 29.0 Å². The molecule has 2 atom stereocenters. The molecule has 1 aliphatic rings. The van der Waals surface area contributed by atoms with Crippen molar-refractivity contribution in [1.82, 2.24) is 20.5 Å². The van der Waals surface area contributed by atoms with Crippen LogP contribution in [0.4, 0.5) is 0 Å². The van der Waals surface area contributed by atoms with Gasteiger partial charge in [-0.05, 0) is 55.7 Å². The van der Waals surface area contributed by atoms with Gasteiger partial charge in [0.2, 0.25) is 0 Å². The van der Waals surface area contributed by atoms with Gasteiger partial charge < -0.3 is 15.5 Å². The highest BCUT2D eigenvalue weighted by atomic mass is 35.5. The van der Waals surface area contributed by atoms with E-state index in [9.17, 15) is 0 Å². The number of rotatable bonds is 8. The summed E-state index contributed by atoms with van der Waals surface area (Å²) < 4.78 is 0. The molecule has 0 aliphatic carbocycles. The van der Waals surface area contributed by atoms with Gasteiger partial charge in [0.25, 0.3) is 0 Å². The summed E-state index contributed by atoms with van der Waals surface area (Å²) in [5.41, 5.74) is 1.17. The van der Waals surface area contributed by atoms with Crippen molar-refractivity contribution in [1.29, 1.82) is 0 Å². The summed E-state index contributed by atoms with van der Waals surface area (Å²) in [5, 5.41) is 7.29. The molecule has 1 fully saturated rings. The Kier molecular flexibility index (Phi) is 9.19. The van der Waals surface area contributed by atoms with E-state index in [4.69, 9.17) is 11.6 Å². The molecule has 2 rings (SSSR count). The number of pyridine rings is 1. The van der Waals surface area contributed by atoms with Gasteiger partial charge in [-0.1, -0.05) is 31.5 Å². The maximum absolute atomic E-state index is 5.81. The normalized spacial score (nSPS) is 21.6. The second kappa shape index (κ2) is 11.4. The average molecular weight is 380 g/mol. The van der Waals surface area contributed by atoms with E-state index in [1.807, 2.05) is 25.4 Å². The average Bonchev–Trinajstić information content (AvgIpc) is 2.60. The second-order valence-corrected chi connectivity index (χ2v) is 7.96. The van der Waals surface area contributed by atoms with Crippen LogP contribution in [0.15, 0.2) is 23.3 Å². The molecule has 146 valence electrons. The van der Waals surface area contributed by atoms with Crippen molar-refractivity contribution < 1.29 is 0 Å². The Balaban J connectivity index is 1.55. The number of aliphatic imine (C=N–C) groups is 1. The van der Waals surface area contributed by atoms with Gasteiger partial charge in [0.1, 0.15) is 5.15 Å². The second-order valence-electron chi connectivity index (χ2n) is 7.58. The lowest BCUT2D eigenvalue weighted by Crippen LogP contribution is -2.40. The van der Waals surface area contributed by atoms with Crippen LogP contribution in [-0.4, -0.2) is 55.6 Å². The Morgan fingerprint density at radius 1 is 1.19 bits per heavy atom. The highest BCUT2D eigenvalue weighted by Gasteiger charge is 2.20. The first-order chi connectivity index (χ1) is 12.6. The van der Waals surface area contributed by atoms with E-state index in [1.165, 1.54) is 44.5 Å². The fourth-order valence-corrected chi connectivity index (χ4v) is 3.85. The molecule has 1 aromatic rings. The minimum Gasteiger partial charge on any atom is -0.356 e. The Morgan fingerprint density at radius 2 is 1.92 bits per heavy atom. The zero-order valence-electron chi connectivity index (χ0n) is 16.5. The fraction of sp³-hybridized carbons (Fsp3) is 0.700. The van der Waals surface area contributed by atoms with E-state index >= 15 is 0 Å². The maximum atomic E-state index is 5.81. The number of hydrogen-bond donors (Lipinski definition) is 2. The topological polar surface area (TPSA) is 52.6 Å². The van der Waals surface area contributed by atoms with Crippen molar-refractivity contribution in [3.8, 4) is 0 Å². The van der Waals surface area contributed by atoms with Crippen molar-refractivity contribution in [2.45, 2.75) is 39.5 Å². The van der Waals surface area contributed by atoms with Crippen LogP contribution in [0.3, 0.4) is 0 Å². The zero-order chi connectivity index (χ0) is 18.8. The summed E-state index contributed by atoms with van der Waals surface area (Å²) in [6, 6.07) is 3.84. The number of aromatic nitrogens is 1. The molecule has 1 aromatic heterocycles. The zero-order valence-corrected chi connectivity index (χ0v) is 17.2. The molecule has 0 spiro atoms. The van der Waals surface area contributed by atoms with Gasteiger partial charge in [-0.15, -0.1) is 0 Å². The molecule has 6 heteroatoms. The van der Waals surface area contributed by atoms with Crippen LogP contribution in [0.1, 0.15) is 38.7 Å². The summed E-state index contributed by atoms with van der Waals surface area (Å²) in [4.78, 5) is 11.0. The molecule has 2 heterocycles. The fourth-order valence-electron chi connectivity index (χ4n) is 3.74. The van der Waals surface area contributed by atoms with Gasteiger partial charge >= 0.3 is 0 Å². The molecule has 2 N–H and O–H groups in total. The number of unbranched alkanes of at least 4 members (excludes halogenated alkanes) is 1. The third-order valence-corrected chi connectivity index (χ3v) is 5.08. The predicted octanol–water partition coefficient (Wildman–Crippen LogP) is 3.20. The minimum atomic E-state index is 0.535. The third-order valence-electron chi connectivity index (χ3n) is 4.86. The quantitative estimate of drug-likeness (QED) is 0.315. The van der Waals surface area contributed by atoms with Crippen LogP contribution >= 0.6 is 11.6 Å². The predicted molar refractivity (Wildman–Crippen MR) is 111 cm³/mol. The molecule has 0 aromatic carbocycles. The van der Waals surface area contributed by atoms with E-state index in [-0.39, 0.29) is 0 Å². The summed E-state index contributed by atoms with van der Waals surface area (Å²) in [6.07, 6.45) is 6.51. The van der Waals surface area contributed by atoms with Crippen LogP contribution in [0.25, 0.3) is 0 Å². The first kappa shape index (κ1) is 21.0. The minimum absolute atomic E-state index is 0.535. The molecular formula is C20H34ClN5. The molecule has 26 heavy (non-hydrogen) atoms. The van der Waals surface area contributed by atoms with Gasteiger partial charge in [-0.3, -0.25) is 4.99 Å². The van der Waals surface area contributed by atoms with E-state index in [0.29, 0.717) is 5.15 Å². The number of nitrogens with zero attached hydrogens (tertiary/aromatic N) is 3. The molecule has 2 unspecified atom stereocenters. The molecular weight excluding hydrogens is 346 g/mol. The number of nitrogens with one attached hydrogen (secondary N) is 2. The van der Waals surface area contributed by atoms with Crippen molar-refractivity contribution in [2.75, 3.05) is 39.8 Å². The lowest BCUT2D eigenvalue weighted by molar-refractivity contribution is 0.139.